The summed E-state index contributed by atoms with van der Waals surface area (Å²) in [6.07, 6.45) is 3.11. The SMILES string of the molecule is Cc1ccc(-c2nc(C(=O)NCC3=CCNCC3)cs2)o1. The molecule has 2 aromatic heterocycles. The maximum absolute atomic E-state index is 12.1. The molecule has 5 nitrogen and oxygen atoms in total. The zero-order valence-electron chi connectivity index (χ0n) is 11.8. The van der Waals surface area contributed by atoms with Crippen LogP contribution in [0.4, 0.5) is 0 Å². The minimum Gasteiger partial charge on any atom is -0.459 e. The summed E-state index contributed by atoms with van der Waals surface area (Å²) in [5.41, 5.74) is 1.71. The summed E-state index contributed by atoms with van der Waals surface area (Å²) < 4.78 is 5.52. The Hall–Kier alpha value is -1.92. The van der Waals surface area contributed by atoms with Crippen LogP contribution in [0.25, 0.3) is 10.8 Å². The second-order valence-corrected chi connectivity index (χ2v) is 5.81. The lowest BCUT2D eigenvalue weighted by Crippen LogP contribution is -2.29. The highest BCUT2D eigenvalue weighted by molar-refractivity contribution is 7.13. The van der Waals surface area contributed by atoms with Gasteiger partial charge < -0.3 is 15.1 Å². The van der Waals surface area contributed by atoms with Crippen LogP contribution in [0.2, 0.25) is 0 Å². The van der Waals surface area contributed by atoms with Gasteiger partial charge in [-0.1, -0.05) is 11.6 Å². The van der Waals surface area contributed by atoms with Crippen LogP contribution in [0.3, 0.4) is 0 Å². The molecule has 0 saturated carbocycles. The van der Waals surface area contributed by atoms with Gasteiger partial charge in [-0.25, -0.2) is 4.98 Å². The Morgan fingerprint density at radius 3 is 3.14 bits per heavy atom. The van der Waals surface area contributed by atoms with E-state index in [0.29, 0.717) is 18.0 Å². The number of furan rings is 1. The zero-order chi connectivity index (χ0) is 14.7. The second kappa shape index (κ2) is 6.24. The monoisotopic (exact) mass is 303 g/mol. The number of amides is 1. The number of carbonyl (C=O) groups is 1. The molecule has 2 N–H and O–H groups in total. The molecule has 0 spiro atoms. The lowest BCUT2D eigenvalue weighted by Gasteiger charge is -2.14. The Morgan fingerprint density at radius 2 is 2.43 bits per heavy atom. The van der Waals surface area contributed by atoms with Gasteiger partial charge in [0.2, 0.25) is 0 Å². The van der Waals surface area contributed by atoms with Crippen molar-refractivity contribution in [2.45, 2.75) is 13.3 Å². The molecule has 0 aromatic carbocycles. The van der Waals surface area contributed by atoms with Crippen molar-refractivity contribution in [3.05, 3.63) is 40.6 Å². The van der Waals surface area contributed by atoms with Crippen molar-refractivity contribution in [3.63, 3.8) is 0 Å². The third-order valence-electron chi connectivity index (χ3n) is 3.32. The van der Waals surface area contributed by atoms with Crippen LogP contribution in [0, 0.1) is 6.92 Å². The van der Waals surface area contributed by atoms with Crippen LogP contribution < -0.4 is 10.6 Å². The molecule has 21 heavy (non-hydrogen) atoms. The number of rotatable bonds is 4. The fourth-order valence-electron chi connectivity index (χ4n) is 2.16. The highest BCUT2D eigenvalue weighted by atomic mass is 32.1. The van der Waals surface area contributed by atoms with Crippen molar-refractivity contribution < 1.29 is 9.21 Å². The van der Waals surface area contributed by atoms with Gasteiger partial charge in [-0.3, -0.25) is 4.79 Å². The van der Waals surface area contributed by atoms with Gasteiger partial charge in [0, 0.05) is 18.5 Å². The minimum atomic E-state index is -0.139. The number of aryl methyl sites for hydroxylation is 1. The van der Waals surface area contributed by atoms with Gasteiger partial charge in [0.1, 0.15) is 11.5 Å². The quantitative estimate of drug-likeness (QED) is 0.851. The van der Waals surface area contributed by atoms with Crippen molar-refractivity contribution in [2.24, 2.45) is 0 Å². The normalized spacial score (nSPS) is 14.8. The second-order valence-electron chi connectivity index (χ2n) is 4.95. The van der Waals surface area contributed by atoms with Gasteiger partial charge in [0.25, 0.3) is 5.91 Å². The average Bonchev–Trinajstić information content (AvgIpc) is 3.14. The van der Waals surface area contributed by atoms with Gasteiger partial charge in [0.15, 0.2) is 10.8 Å². The van der Waals surface area contributed by atoms with E-state index in [1.54, 1.807) is 5.38 Å². The molecule has 1 amide bonds. The maximum atomic E-state index is 12.1. The first kappa shape index (κ1) is 14.0. The topological polar surface area (TPSA) is 67.2 Å². The van der Waals surface area contributed by atoms with E-state index < -0.39 is 0 Å². The molecular formula is C15H17N3O2S. The number of hydrogen-bond acceptors (Lipinski definition) is 5. The van der Waals surface area contributed by atoms with Crippen LogP contribution in [0.15, 0.2) is 33.6 Å². The summed E-state index contributed by atoms with van der Waals surface area (Å²) in [6.45, 7) is 4.33. The van der Waals surface area contributed by atoms with Crippen molar-refractivity contribution in [1.82, 2.24) is 15.6 Å². The number of nitrogens with zero attached hydrogens (tertiary/aromatic N) is 1. The first-order valence-corrected chi connectivity index (χ1v) is 7.79. The number of hydrogen-bond donors (Lipinski definition) is 2. The molecule has 6 heteroatoms. The number of nitrogens with one attached hydrogen (secondary N) is 2. The van der Waals surface area contributed by atoms with Crippen LogP contribution in [-0.4, -0.2) is 30.5 Å². The predicted molar refractivity (Wildman–Crippen MR) is 82.5 cm³/mol. The average molecular weight is 303 g/mol. The molecule has 3 rings (SSSR count). The van der Waals surface area contributed by atoms with Crippen molar-refractivity contribution in [3.8, 4) is 10.8 Å². The Kier molecular flexibility index (Phi) is 4.17. The van der Waals surface area contributed by atoms with E-state index >= 15 is 0 Å². The third-order valence-corrected chi connectivity index (χ3v) is 4.18. The summed E-state index contributed by atoms with van der Waals surface area (Å²) in [5.74, 6) is 1.40. The molecule has 1 aliphatic rings. The van der Waals surface area contributed by atoms with Crippen molar-refractivity contribution in [2.75, 3.05) is 19.6 Å². The highest BCUT2D eigenvalue weighted by Gasteiger charge is 2.14. The molecule has 2 aromatic rings. The largest absolute Gasteiger partial charge is 0.459 e. The lowest BCUT2D eigenvalue weighted by molar-refractivity contribution is 0.0952. The van der Waals surface area contributed by atoms with Gasteiger partial charge in [-0.2, -0.15) is 0 Å². The molecule has 0 unspecified atom stereocenters. The van der Waals surface area contributed by atoms with Crippen molar-refractivity contribution >= 4 is 17.2 Å². The van der Waals surface area contributed by atoms with E-state index in [9.17, 15) is 4.79 Å². The fraction of sp³-hybridized carbons (Fsp3) is 0.333. The van der Waals surface area contributed by atoms with Crippen LogP contribution in [-0.2, 0) is 0 Å². The molecule has 0 bridgehead atoms. The maximum Gasteiger partial charge on any atom is 0.271 e. The van der Waals surface area contributed by atoms with Gasteiger partial charge in [-0.05, 0) is 32.0 Å². The van der Waals surface area contributed by atoms with E-state index in [1.807, 2.05) is 19.1 Å². The summed E-state index contributed by atoms with van der Waals surface area (Å²) in [7, 11) is 0. The molecule has 0 radical (unpaired) electrons. The van der Waals surface area contributed by atoms with Crippen LogP contribution >= 0.6 is 11.3 Å². The summed E-state index contributed by atoms with van der Waals surface area (Å²) in [6, 6.07) is 3.76. The van der Waals surface area contributed by atoms with E-state index in [0.717, 1.165) is 30.3 Å². The smallest absolute Gasteiger partial charge is 0.271 e. The molecule has 0 saturated heterocycles. The lowest BCUT2D eigenvalue weighted by atomic mass is 10.1. The molecule has 110 valence electrons. The molecule has 0 fully saturated rings. The predicted octanol–water partition coefficient (Wildman–Crippen LogP) is 2.36. The van der Waals surface area contributed by atoms with Gasteiger partial charge in [-0.15, -0.1) is 11.3 Å². The van der Waals surface area contributed by atoms with E-state index in [2.05, 4.69) is 21.7 Å². The minimum absolute atomic E-state index is 0.139. The number of aromatic nitrogens is 1. The zero-order valence-corrected chi connectivity index (χ0v) is 12.6. The van der Waals surface area contributed by atoms with E-state index in [1.165, 1.54) is 16.9 Å². The summed E-state index contributed by atoms with van der Waals surface area (Å²) >= 11 is 1.42. The molecule has 0 aliphatic carbocycles. The Bertz CT molecular complexity index is 672. The first-order chi connectivity index (χ1) is 10.2. The van der Waals surface area contributed by atoms with Crippen LogP contribution in [0.5, 0.6) is 0 Å². The van der Waals surface area contributed by atoms with E-state index in [4.69, 9.17) is 4.42 Å². The number of thiazole rings is 1. The summed E-state index contributed by atoms with van der Waals surface area (Å²) in [5, 5.41) is 8.66. The molecular weight excluding hydrogens is 286 g/mol. The summed E-state index contributed by atoms with van der Waals surface area (Å²) in [4.78, 5) is 16.4. The first-order valence-electron chi connectivity index (χ1n) is 6.91. The number of carbonyl (C=O) groups excluding carboxylic acids is 1. The Morgan fingerprint density at radius 1 is 1.52 bits per heavy atom. The fourth-order valence-corrected chi connectivity index (χ4v) is 2.92. The van der Waals surface area contributed by atoms with Crippen LogP contribution in [0.1, 0.15) is 22.7 Å². The third kappa shape index (κ3) is 3.40. The highest BCUT2D eigenvalue weighted by Crippen LogP contribution is 2.25. The molecule has 3 heterocycles. The molecule has 1 aliphatic heterocycles. The van der Waals surface area contributed by atoms with Crippen molar-refractivity contribution in [1.29, 1.82) is 0 Å². The Labute approximate surface area is 127 Å². The van der Waals surface area contributed by atoms with Gasteiger partial charge >= 0.3 is 0 Å². The van der Waals surface area contributed by atoms with Gasteiger partial charge in [0.05, 0.1) is 0 Å². The van der Waals surface area contributed by atoms with E-state index in [-0.39, 0.29) is 5.91 Å². The standard InChI is InChI=1S/C15H17N3O2S/c1-10-2-3-13(20-10)15-18-12(9-21-15)14(19)17-8-11-4-6-16-7-5-11/h2-4,9,16H,5-8H2,1H3,(H,17,19). The Balaban J connectivity index is 1.62. The molecule has 0 atom stereocenters.